The zero-order valence-electron chi connectivity index (χ0n) is 9.93. The number of hydrogen-bond acceptors (Lipinski definition) is 1. The van der Waals surface area contributed by atoms with Crippen LogP contribution in [-0.4, -0.2) is 6.54 Å². The molecule has 0 heterocycles. The second-order valence-electron chi connectivity index (χ2n) is 5.17. The summed E-state index contributed by atoms with van der Waals surface area (Å²) in [6.45, 7) is 2.58. The van der Waals surface area contributed by atoms with Gasteiger partial charge in [-0.1, -0.05) is 25.0 Å². The summed E-state index contributed by atoms with van der Waals surface area (Å²) in [4.78, 5) is 0. The standard InChI is InChI=1S/C14H20FN/c1-11-8-12(4-5-13(11)15)9-14(10-16)6-2-3-7-14/h4-5,8H,2-3,6-7,9-10,16H2,1H3. The van der Waals surface area contributed by atoms with Crippen molar-refractivity contribution in [1.82, 2.24) is 0 Å². The molecule has 0 unspecified atom stereocenters. The molecule has 0 aliphatic heterocycles. The lowest BCUT2D eigenvalue weighted by Gasteiger charge is -2.27. The maximum absolute atomic E-state index is 13.2. The van der Waals surface area contributed by atoms with Crippen molar-refractivity contribution in [3.63, 3.8) is 0 Å². The second kappa shape index (κ2) is 4.54. The van der Waals surface area contributed by atoms with Crippen molar-refractivity contribution in [3.05, 3.63) is 35.1 Å². The van der Waals surface area contributed by atoms with Crippen molar-refractivity contribution in [1.29, 1.82) is 0 Å². The molecule has 88 valence electrons. The van der Waals surface area contributed by atoms with Crippen molar-refractivity contribution in [2.24, 2.45) is 11.1 Å². The molecule has 0 atom stereocenters. The summed E-state index contributed by atoms with van der Waals surface area (Å²) in [6, 6.07) is 5.44. The monoisotopic (exact) mass is 221 g/mol. The van der Waals surface area contributed by atoms with E-state index < -0.39 is 0 Å². The maximum Gasteiger partial charge on any atom is 0.126 e. The average molecular weight is 221 g/mol. The van der Waals surface area contributed by atoms with Crippen LogP contribution in [-0.2, 0) is 6.42 Å². The Hall–Kier alpha value is -0.890. The predicted molar refractivity (Wildman–Crippen MR) is 64.8 cm³/mol. The van der Waals surface area contributed by atoms with Crippen molar-refractivity contribution >= 4 is 0 Å². The topological polar surface area (TPSA) is 26.0 Å². The quantitative estimate of drug-likeness (QED) is 0.833. The SMILES string of the molecule is Cc1cc(CC2(CN)CCCC2)ccc1F. The van der Waals surface area contributed by atoms with E-state index in [2.05, 4.69) is 0 Å². The zero-order chi connectivity index (χ0) is 11.6. The number of nitrogens with two attached hydrogens (primary N) is 1. The first kappa shape index (κ1) is 11.6. The van der Waals surface area contributed by atoms with Gasteiger partial charge >= 0.3 is 0 Å². The van der Waals surface area contributed by atoms with Gasteiger partial charge in [0.2, 0.25) is 0 Å². The molecule has 2 N–H and O–H groups in total. The lowest BCUT2D eigenvalue weighted by atomic mass is 9.80. The number of aryl methyl sites for hydroxylation is 1. The highest BCUT2D eigenvalue weighted by molar-refractivity contribution is 5.25. The van der Waals surface area contributed by atoms with Crippen molar-refractivity contribution < 1.29 is 4.39 Å². The molecular weight excluding hydrogens is 201 g/mol. The lowest BCUT2D eigenvalue weighted by molar-refractivity contribution is 0.306. The van der Waals surface area contributed by atoms with E-state index in [0.29, 0.717) is 0 Å². The van der Waals surface area contributed by atoms with E-state index in [-0.39, 0.29) is 11.2 Å². The van der Waals surface area contributed by atoms with Gasteiger partial charge in [0.05, 0.1) is 0 Å². The van der Waals surface area contributed by atoms with Gasteiger partial charge < -0.3 is 5.73 Å². The first-order valence-electron chi connectivity index (χ1n) is 6.10. The third-order valence-electron chi connectivity index (χ3n) is 3.90. The van der Waals surface area contributed by atoms with Gasteiger partial charge in [-0.2, -0.15) is 0 Å². The van der Waals surface area contributed by atoms with Gasteiger partial charge in [-0.3, -0.25) is 0 Å². The van der Waals surface area contributed by atoms with Gasteiger partial charge in [0.15, 0.2) is 0 Å². The van der Waals surface area contributed by atoms with Crippen LogP contribution in [0.1, 0.15) is 36.8 Å². The number of hydrogen-bond donors (Lipinski definition) is 1. The summed E-state index contributed by atoms with van der Waals surface area (Å²) in [5.74, 6) is -0.114. The van der Waals surface area contributed by atoms with Crippen LogP contribution in [0.25, 0.3) is 0 Å². The molecular formula is C14H20FN. The van der Waals surface area contributed by atoms with Gasteiger partial charge in [-0.05, 0) is 55.3 Å². The van der Waals surface area contributed by atoms with E-state index in [4.69, 9.17) is 5.73 Å². The molecule has 0 saturated heterocycles. The highest BCUT2D eigenvalue weighted by atomic mass is 19.1. The average Bonchev–Trinajstić information content (AvgIpc) is 2.73. The second-order valence-corrected chi connectivity index (χ2v) is 5.17. The van der Waals surface area contributed by atoms with Gasteiger partial charge in [0.25, 0.3) is 0 Å². The van der Waals surface area contributed by atoms with E-state index in [1.807, 2.05) is 19.1 Å². The highest BCUT2D eigenvalue weighted by Gasteiger charge is 2.32. The summed E-state index contributed by atoms with van der Waals surface area (Å²) in [6.07, 6.45) is 6.03. The van der Waals surface area contributed by atoms with Gasteiger partial charge in [-0.25, -0.2) is 4.39 Å². The van der Waals surface area contributed by atoms with Crippen LogP contribution in [0.3, 0.4) is 0 Å². The fourth-order valence-electron chi connectivity index (χ4n) is 2.83. The van der Waals surface area contributed by atoms with Crippen molar-refractivity contribution in [2.45, 2.75) is 39.0 Å². The molecule has 0 bridgehead atoms. The van der Waals surface area contributed by atoms with Crippen LogP contribution in [0.5, 0.6) is 0 Å². The van der Waals surface area contributed by atoms with Gasteiger partial charge in [0, 0.05) is 0 Å². The number of rotatable bonds is 3. The first-order valence-corrected chi connectivity index (χ1v) is 6.10. The normalized spacial score (nSPS) is 18.9. The van der Waals surface area contributed by atoms with Crippen molar-refractivity contribution in [2.75, 3.05) is 6.54 Å². The maximum atomic E-state index is 13.2. The molecule has 1 aliphatic carbocycles. The minimum Gasteiger partial charge on any atom is -0.330 e. The molecule has 16 heavy (non-hydrogen) atoms. The van der Waals surface area contributed by atoms with Crippen LogP contribution in [0.4, 0.5) is 4.39 Å². The smallest absolute Gasteiger partial charge is 0.126 e. The molecule has 0 amide bonds. The molecule has 0 spiro atoms. The Bertz CT molecular complexity index is 367. The molecule has 0 radical (unpaired) electrons. The molecule has 0 aromatic heterocycles. The Morgan fingerprint density at radius 1 is 1.31 bits per heavy atom. The fraction of sp³-hybridized carbons (Fsp3) is 0.571. The van der Waals surface area contributed by atoms with Crippen LogP contribution >= 0.6 is 0 Å². The molecule has 1 aliphatic rings. The van der Waals surface area contributed by atoms with Crippen LogP contribution < -0.4 is 5.73 Å². The van der Waals surface area contributed by atoms with Crippen LogP contribution in [0.2, 0.25) is 0 Å². The molecule has 1 aromatic rings. The predicted octanol–water partition coefficient (Wildman–Crippen LogP) is 3.20. The Morgan fingerprint density at radius 3 is 2.56 bits per heavy atom. The minimum atomic E-state index is -0.114. The summed E-state index contributed by atoms with van der Waals surface area (Å²) >= 11 is 0. The minimum absolute atomic E-state index is 0.114. The van der Waals surface area contributed by atoms with Gasteiger partial charge in [0.1, 0.15) is 5.82 Å². The summed E-state index contributed by atoms with van der Waals surface area (Å²) < 4.78 is 13.2. The fourth-order valence-corrected chi connectivity index (χ4v) is 2.83. The number of halogens is 1. The van der Waals surface area contributed by atoms with E-state index in [0.717, 1.165) is 18.5 Å². The van der Waals surface area contributed by atoms with Crippen LogP contribution in [0, 0.1) is 18.2 Å². The highest BCUT2D eigenvalue weighted by Crippen LogP contribution is 2.40. The molecule has 2 rings (SSSR count). The van der Waals surface area contributed by atoms with Crippen LogP contribution in [0.15, 0.2) is 18.2 Å². The molecule has 1 fully saturated rings. The summed E-state index contributed by atoms with van der Waals surface area (Å²) in [5.41, 5.74) is 8.16. The molecule has 1 nitrogen and oxygen atoms in total. The molecule has 1 saturated carbocycles. The molecule has 2 heteroatoms. The first-order chi connectivity index (χ1) is 7.65. The Balaban J connectivity index is 2.16. The zero-order valence-corrected chi connectivity index (χ0v) is 9.93. The summed E-state index contributed by atoms with van der Waals surface area (Å²) in [5, 5.41) is 0. The lowest BCUT2D eigenvalue weighted by Crippen LogP contribution is -2.29. The van der Waals surface area contributed by atoms with Gasteiger partial charge in [-0.15, -0.1) is 0 Å². The summed E-state index contributed by atoms with van der Waals surface area (Å²) in [7, 11) is 0. The third kappa shape index (κ3) is 2.27. The third-order valence-corrected chi connectivity index (χ3v) is 3.90. The Kier molecular flexibility index (Phi) is 3.29. The Labute approximate surface area is 96.9 Å². The van der Waals surface area contributed by atoms with E-state index >= 15 is 0 Å². The van der Waals surface area contributed by atoms with E-state index in [1.54, 1.807) is 6.07 Å². The Morgan fingerprint density at radius 2 is 2.00 bits per heavy atom. The largest absolute Gasteiger partial charge is 0.330 e. The van der Waals surface area contributed by atoms with E-state index in [1.165, 1.54) is 31.2 Å². The van der Waals surface area contributed by atoms with Crippen molar-refractivity contribution in [3.8, 4) is 0 Å². The number of benzene rings is 1. The van der Waals surface area contributed by atoms with E-state index in [9.17, 15) is 4.39 Å². The molecule has 1 aromatic carbocycles.